The van der Waals surface area contributed by atoms with Gasteiger partial charge in [0.15, 0.2) is 12.1 Å². The van der Waals surface area contributed by atoms with Gasteiger partial charge in [0.25, 0.3) is 0 Å². The summed E-state index contributed by atoms with van der Waals surface area (Å²) in [4.78, 5) is 46.8. The first-order valence-corrected chi connectivity index (χ1v) is 17.3. The van der Waals surface area contributed by atoms with Gasteiger partial charge in [-0.05, 0) is 72.5 Å². The number of Topliss-reactive ketones (excluding diaryl/α,β-unsaturated/α-hetero) is 1. The summed E-state index contributed by atoms with van der Waals surface area (Å²) in [5.74, 6) is -5.19. The third kappa shape index (κ3) is 9.22. The maximum Gasteiger partial charge on any atom is 0.316 e. The molecule has 3 fully saturated rings. The van der Waals surface area contributed by atoms with Crippen molar-refractivity contribution in [3.63, 3.8) is 0 Å². The molecule has 3 rings (SSSR count). The first-order valence-electron chi connectivity index (χ1n) is 17.3. The van der Waals surface area contributed by atoms with E-state index in [4.69, 9.17) is 23.7 Å². The smallest absolute Gasteiger partial charge is 0.316 e. The first-order chi connectivity index (χ1) is 22.8. The number of ether oxygens (including phenoxy) is 5. The second kappa shape index (κ2) is 16.6. The molecule has 3 aliphatic rings. The number of aliphatic hydroxyl groups is 2. The summed E-state index contributed by atoms with van der Waals surface area (Å²) in [6.45, 7) is 14.8. The van der Waals surface area contributed by atoms with Crippen molar-refractivity contribution >= 4 is 23.4 Å². The highest BCUT2D eigenvalue weighted by molar-refractivity contribution is 6.00. The Morgan fingerprint density at radius 2 is 1.80 bits per heavy atom. The van der Waals surface area contributed by atoms with Crippen LogP contribution in [0, 0.1) is 35.0 Å². The largest absolute Gasteiger partial charge is 0.459 e. The van der Waals surface area contributed by atoms with Gasteiger partial charge in [-0.3, -0.25) is 14.4 Å². The van der Waals surface area contributed by atoms with Gasteiger partial charge in [-0.15, -0.1) is 0 Å². The molecular weight excluding hydrogens is 634 g/mol. The number of carbonyl (C=O) groups is 3. The number of rotatable bonds is 4. The maximum absolute atomic E-state index is 14.2. The molecule has 5 unspecified atom stereocenters. The highest BCUT2D eigenvalue weighted by Crippen LogP contribution is 2.40. The predicted octanol–water partition coefficient (Wildman–Crippen LogP) is 3.00. The highest BCUT2D eigenvalue weighted by atomic mass is 16.7. The van der Waals surface area contributed by atoms with E-state index in [9.17, 15) is 29.9 Å². The van der Waals surface area contributed by atoms with Gasteiger partial charge < -0.3 is 38.8 Å². The molecule has 1 amide bonds. The molecule has 13 atom stereocenters. The third-order valence-corrected chi connectivity index (χ3v) is 10.4. The lowest BCUT2D eigenvalue weighted by Gasteiger charge is -2.47. The number of likely N-dealkylation sites (N-methyl/N-ethyl adjacent to an activating group) is 1. The monoisotopic (exact) mass is 691 g/mol. The van der Waals surface area contributed by atoms with E-state index in [0.717, 1.165) is 0 Å². The fourth-order valence-electron chi connectivity index (χ4n) is 7.75. The minimum Gasteiger partial charge on any atom is -0.459 e. The van der Waals surface area contributed by atoms with E-state index in [0.29, 0.717) is 17.7 Å². The van der Waals surface area contributed by atoms with Crippen molar-refractivity contribution in [1.82, 2.24) is 4.90 Å². The van der Waals surface area contributed by atoms with E-state index < -0.39 is 83.2 Å². The summed E-state index contributed by atoms with van der Waals surface area (Å²) >= 11 is 0. The number of amides is 1. The number of hydrogen-bond donors (Lipinski definition) is 2. The number of nitrogens with zero attached hydrogens (tertiary/aromatic N) is 3. The zero-order valence-corrected chi connectivity index (χ0v) is 31.0. The molecule has 0 aliphatic carbocycles. The number of aliphatic hydroxyl groups excluding tert-OH is 1. The lowest BCUT2D eigenvalue weighted by molar-refractivity contribution is -0.296. The van der Waals surface area contributed by atoms with Crippen LogP contribution < -0.4 is 0 Å². The zero-order chi connectivity index (χ0) is 37.0. The number of ketones is 1. The number of fused-ring (bicyclic) bond motifs is 5. The van der Waals surface area contributed by atoms with Gasteiger partial charge in [-0.2, -0.15) is 5.26 Å². The maximum atomic E-state index is 14.2. The second-order valence-corrected chi connectivity index (χ2v) is 14.8. The SMILES string of the molecule is CC[C@@H]1OC(=O)[C@H](C)C(=O)[C@H](C)C(O[C@@H]2O[C@H](C)C[C@H](N(C)C)C2O)[C@@]2(C)CC(C)C(=NC(C)=O)C(C)C(OC/C(=C/C#N)CO2)[C@]1(C)O. The summed E-state index contributed by atoms with van der Waals surface area (Å²) in [6, 6.07) is 1.73. The Kier molecular flexibility index (Phi) is 13.9. The van der Waals surface area contributed by atoms with Crippen LogP contribution in [0.2, 0.25) is 0 Å². The number of nitriles is 1. The third-order valence-electron chi connectivity index (χ3n) is 10.4. The molecule has 0 spiro atoms. The van der Waals surface area contributed by atoms with Gasteiger partial charge in [0.05, 0.1) is 43.2 Å². The molecule has 3 saturated heterocycles. The van der Waals surface area contributed by atoms with E-state index >= 15 is 0 Å². The molecule has 49 heavy (non-hydrogen) atoms. The van der Waals surface area contributed by atoms with Crippen molar-refractivity contribution in [2.45, 2.75) is 136 Å². The molecule has 0 radical (unpaired) electrons. The number of carbonyl (C=O) groups excluding carboxylic acids is 3. The van der Waals surface area contributed by atoms with Gasteiger partial charge in [0.2, 0.25) is 5.91 Å². The van der Waals surface area contributed by atoms with Crippen LogP contribution >= 0.6 is 0 Å². The summed E-state index contributed by atoms with van der Waals surface area (Å²) in [5.41, 5.74) is -2.29. The number of aliphatic imine (C=N–C) groups is 1. The number of cyclic esters (lactones) is 1. The molecule has 0 aromatic carbocycles. The van der Waals surface area contributed by atoms with Crippen LogP contribution in [0.15, 0.2) is 16.6 Å². The number of allylic oxidation sites excluding steroid dienone is 1. The van der Waals surface area contributed by atoms with Crippen LogP contribution in [0.4, 0.5) is 0 Å². The van der Waals surface area contributed by atoms with Crippen molar-refractivity contribution in [3.8, 4) is 6.07 Å². The molecule has 13 nitrogen and oxygen atoms in total. The number of hydrogen-bond acceptors (Lipinski definition) is 12. The first kappa shape index (κ1) is 40.9. The molecule has 13 heteroatoms. The van der Waals surface area contributed by atoms with E-state index in [2.05, 4.69) is 4.99 Å². The molecular formula is C36H57N3O10. The second-order valence-electron chi connectivity index (χ2n) is 14.8. The van der Waals surface area contributed by atoms with E-state index in [-0.39, 0.29) is 38.2 Å². The standard InChI is InChI=1S/C36H57N3O10/c1-12-27-36(9,44)32-21(4)28(38-24(7)40)19(2)16-35(8,46-18-25(13-14-37)17-45-32)31(22(5)29(41)23(6)33(43)48-27)49-34-30(42)26(39(10)11)15-20(3)47-34/h13,19-23,26-27,30-32,34,42,44H,12,15-18H2,1-11H3/b25-13-,38-28?/t19?,20-,21?,22+,23-,26+,27+,30?,31?,32?,34+,35-,36-/m1/s1. The summed E-state index contributed by atoms with van der Waals surface area (Å²) in [7, 11) is 3.72. The Bertz CT molecular complexity index is 1310. The van der Waals surface area contributed by atoms with Gasteiger partial charge >= 0.3 is 5.97 Å². The van der Waals surface area contributed by atoms with Gasteiger partial charge in [-0.25, -0.2) is 4.99 Å². The van der Waals surface area contributed by atoms with Crippen molar-refractivity contribution in [1.29, 1.82) is 5.26 Å². The van der Waals surface area contributed by atoms with Gasteiger partial charge in [-0.1, -0.05) is 27.7 Å². The van der Waals surface area contributed by atoms with Crippen LogP contribution in [0.3, 0.4) is 0 Å². The van der Waals surface area contributed by atoms with Crippen molar-refractivity contribution < 1.29 is 48.3 Å². The molecule has 276 valence electrons. The topological polar surface area (TPSA) is 177 Å². The quantitative estimate of drug-likeness (QED) is 0.251. The fraction of sp³-hybridized carbons (Fsp3) is 0.806. The predicted molar refractivity (Wildman–Crippen MR) is 180 cm³/mol. The summed E-state index contributed by atoms with van der Waals surface area (Å²) in [6.07, 6.45) is -3.59. The van der Waals surface area contributed by atoms with Gasteiger partial charge in [0, 0.05) is 36.6 Å². The van der Waals surface area contributed by atoms with E-state index in [1.54, 1.807) is 27.7 Å². The molecule has 2 N–H and O–H groups in total. The lowest BCUT2D eigenvalue weighted by atomic mass is 9.73. The van der Waals surface area contributed by atoms with Crippen LogP contribution in [-0.4, -0.2) is 120 Å². The minimum atomic E-state index is -1.81. The lowest BCUT2D eigenvalue weighted by Crippen LogP contribution is -2.60. The van der Waals surface area contributed by atoms with Crippen molar-refractivity contribution in [2.24, 2.45) is 28.7 Å². The molecule has 0 aromatic rings. The van der Waals surface area contributed by atoms with Crippen molar-refractivity contribution in [2.75, 3.05) is 27.3 Å². The molecule has 0 aromatic heterocycles. The summed E-state index contributed by atoms with van der Waals surface area (Å²) < 4.78 is 31.8. The average molecular weight is 692 g/mol. The molecule has 3 heterocycles. The van der Waals surface area contributed by atoms with E-state index in [1.165, 1.54) is 26.8 Å². The summed E-state index contributed by atoms with van der Waals surface area (Å²) in [5, 5.41) is 33.3. The number of esters is 1. The van der Waals surface area contributed by atoms with Gasteiger partial charge in [0.1, 0.15) is 23.7 Å². The minimum absolute atomic E-state index is 0.104. The molecule has 3 aliphatic heterocycles. The Labute approximate surface area is 290 Å². The molecule has 0 saturated carbocycles. The Hall–Kier alpha value is -2.57. The fourth-order valence-corrected chi connectivity index (χ4v) is 7.75. The van der Waals surface area contributed by atoms with Crippen molar-refractivity contribution in [3.05, 3.63) is 11.6 Å². The van der Waals surface area contributed by atoms with E-state index in [1.807, 2.05) is 38.9 Å². The Morgan fingerprint density at radius 1 is 1.14 bits per heavy atom. The van der Waals surface area contributed by atoms with Crippen LogP contribution in [-0.2, 0) is 38.1 Å². The Morgan fingerprint density at radius 3 is 2.37 bits per heavy atom. The van der Waals surface area contributed by atoms with Crippen LogP contribution in [0.5, 0.6) is 0 Å². The Balaban J connectivity index is 2.34. The van der Waals surface area contributed by atoms with Crippen LogP contribution in [0.25, 0.3) is 0 Å². The molecule has 2 bridgehead atoms. The normalized spacial score (nSPS) is 43.3. The highest BCUT2D eigenvalue weighted by Gasteiger charge is 2.53. The van der Waals surface area contributed by atoms with Crippen LogP contribution in [0.1, 0.15) is 81.6 Å². The zero-order valence-electron chi connectivity index (χ0n) is 31.0. The average Bonchev–Trinajstić information content (AvgIpc) is 3.03.